The lowest BCUT2D eigenvalue weighted by atomic mass is 9.99. The summed E-state index contributed by atoms with van der Waals surface area (Å²) in [6, 6.07) is 9.01. The van der Waals surface area contributed by atoms with E-state index in [-0.39, 0.29) is 28.5 Å². The minimum absolute atomic E-state index is 0.0616. The Balaban J connectivity index is 2.10. The molecular formula is C20H16BrClN2O6. The van der Waals surface area contributed by atoms with Gasteiger partial charge in [-0.3, -0.25) is 10.1 Å². The minimum atomic E-state index is -0.624. The van der Waals surface area contributed by atoms with Gasteiger partial charge < -0.3 is 14.1 Å². The topological polar surface area (TPSA) is 103 Å². The first-order valence-corrected chi connectivity index (χ1v) is 10.2. The Labute approximate surface area is 184 Å². The second kappa shape index (κ2) is 8.85. The fourth-order valence-corrected chi connectivity index (χ4v) is 3.72. The monoisotopic (exact) mass is 494 g/mol. The summed E-state index contributed by atoms with van der Waals surface area (Å²) in [5.74, 6) is 0.0676. The summed E-state index contributed by atoms with van der Waals surface area (Å²) in [7, 11) is 3.06. The minimum Gasteiger partial charge on any atom is -0.422 e. The van der Waals surface area contributed by atoms with Gasteiger partial charge >= 0.3 is 11.7 Å². The van der Waals surface area contributed by atoms with Crippen molar-refractivity contribution in [2.24, 2.45) is 0 Å². The third kappa shape index (κ3) is 4.47. The Kier molecular flexibility index (Phi) is 6.42. The van der Waals surface area contributed by atoms with Gasteiger partial charge in [0, 0.05) is 55.0 Å². The molecule has 0 spiro atoms. The number of hydrogen-bond donors (Lipinski definition) is 0. The van der Waals surface area contributed by atoms with Crippen LogP contribution in [-0.4, -0.2) is 30.0 Å². The van der Waals surface area contributed by atoms with Gasteiger partial charge in [-0.25, -0.2) is 9.59 Å². The number of halogens is 2. The number of carbonyl (C=O) groups excluding carboxylic acids is 1. The van der Waals surface area contributed by atoms with Crippen molar-refractivity contribution in [3.05, 3.63) is 78.6 Å². The molecule has 0 aliphatic carbocycles. The number of nitrogens with zero attached hydrogens (tertiary/aromatic N) is 2. The summed E-state index contributed by atoms with van der Waals surface area (Å²) in [4.78, 5) is 36.3. The number of ether oxygens (including phenoxy) is 1. The number of alkyl halides is 1. The van der Waals surface area contributed by atoms with Crippen molar-refractivity contribution in [2.75, 3.05) is 14.1 Å². The van der Waals surface area contributed by atoms with E-state index >= 15 is 0 Å². The highest BCUT2D eigenvalue weighted by molar-refractivity contribution is 9.08. The van der Waals surface area contributed by atoms with Crippen LogP contribution in [0.4, 0.5) is 10.5 Å². The van der Waals surface area contributed by atoms with Crippen molar-refractivity contribution >= 4 is 50.3 Å². The number of hydrogen-bond acceptors (Lipinski definition) is 6. The first kappa shape index (κ1) is 21.8. The quantitative estimate of drug-likeness (QED) is 0.216. The molecule has 0 saturated heterocycles. The second-order valence-corrected chi connectivity index (χ2v) is 7.59. The van der Waals surface area contributed by atoms with Crippen LogP contribution in [0.3, 0.4) is 0 Å². The van der Waals surface area contributed by atoms with Crippen LogP contribution in [0.5, 0.6) is 5.75 Å². The summed E-state index contributed by atoms with van der Waals surface area (Å²) in [5, 5.41) is 12.1. The van der Waals surface area contributed by atoms with Crippen molar-refractivity contribution in [3.63, 3.8) is 0 Å². The molecule has 0 aliphatic heterocycles. The molecule has 8 nitrogen and oxygen atoms in total. The Morgan fingerprint density at radius 3 is 2.63 bits per heavy atom. The lowest BCUT2D eigenvalue weighted by Gasteiger charge is -2.14. The normalized spacial score (nSPS) is 10.8. The Bertz CT molecular complexity index is 1210. The molecule has 3 aromatic rings. The van der Waals surface area contributed by atoms with E-state index in [0.29, 0.717) is 27.4 Å². The molecule has 3 rings (SSSR count). The van der Waals surface area contributed by atoms with Crippen LogP contribution in [0, 0.1) is 10.1 Å². The first-order valence-electron chi connectivity index (χ1n) is 8.67. The fraction of sp³-hybridized carbons (Fsp3) is 0.200. The van der Waals surface area contributed by atoms with Crippen LogP contribution in [0.1, 0.15) is 16.7 Å². The van der Waals surface area contributed by atoms with E-state index in [1.54, 1.807) is 18.2 Å². The number of carbonyl (C=O) groups is 1. The van der Waals surface area contributed by atoms with Crippen molar-refractivity contribution in [1.29, 1.82) is 0 Å². The van der Waals surface area contributed by atoms with Crippen molar-refractivity contribution in [2.45, 2.75) is 11.8 Å². The third-order valence-electron chi connectivity index (χ3n) is 4.37. The Morgan fingerprint density at radius 2 is 2.00 bits per heavy atom. The molecule has 0 radical (unpaired) electrons. The molecule has 1 aromatic heterocycles. The summed E-state index contributed by atoms with van der Waals surface area (Å²) < 4.78 is 10.7. The van der Waals surface area contributed by atoms with Crippen molar-refractivity contribution < 1.29 is 18.9 Å². The van der Waals surface area contributed by atoms with Gasteiger partial charge in [-0.1, -0.05) is 39.7 Å². The number of non-ortho nitro benzene ring substituents is 1. The molecule has 0 bridgehead atoms. The van der Waals surface area contributed by atoms with E-state index in [1.165, 1.54) is 37.2 Å². The van der Waals surface area contributed by atoms with E-state index in [0.717, 1.165) is 0 Å². The van der Waals surface area contributed by atoms with Crippen LogP contribution >= 0.6 is 27.5 Å². The zero-order chi connectivity index (χ0) is 22.0. The molecule has 0 aliphatic rings. The average Bonchev–Trinajstić information content (AvgIpc) is 2.70. The van der Waals surface area contributed by atoms with Crippen LogP contribution in [0.25, 0.3) is 11.0 Å². The van der Waals surface area contributed by atoms with Crippen LogP contribution < -0.4 is 10.4 Å². The van der Waals surface area contributed by atoms with Gasteiger partial charge in [0.2, 0.25) is 0 Å². The lowest BCUT2D eigenvalue weighted by Crippen LogP contribution is -2.25. The third-order valence-corrected chi connectivity index (χ3v) is 5.23. The summed E-state index contributed by atoms with van der Waals surface area (Å²) in [6.07, 6.45) is -0.475. The number of rotatable bonds is 5. The largest absolute Gasteiger partial charge is 0.422 e. The van der Waals surface area contributed by atoms with Gasteiger partial charge in [-0.2, -0.15) is 0 Å². The van der Waals surface area contributed by atoms with E-state index in [2.05, 4.69) is 15.9 Å². The number of amides is 1. The molecule has 1 amide bonds. The van der Waals surface area contributed by atoms with Crippen molar-refractivity contribution in [1.82, 2.24) is 4.90 Å². The first-order chi connectivity index (χ1) is 14.2. The number of nitro groups is 1. The lowest BCUT2D eigenvalue weighted by molar-refractivity contribution is -0.384. The molecular weight excluding hydrogens is 480 g/mol. The smallest absolute Gasteiger partial charge is 0.414 e. The van der Waals surface area contributed by atoms with Crippen LogP contribution in [0.15, 0.2) is 45.6 Å². The molecule has 30 heavy (non-hydrogen) atoms. The molecule has 0 fully saturated rings. The van der Waals surface area contributed by atoms with Crippen LogP contribution in [-0.2, 0) is 11.8 Å². The van der Waals surface area contributed by atoms with Gasteiger partial charge in [0.25, 0.3) is 5.69 Å². The van der Waals surface area contributed by atoms with Crippen LogP contribution in [0.2, 0.25) is 5.02 Å². The van der Waals surface area contributed by atoms with E-state index in [4.69, 9.17) is 20.8 Å². The summed E-state index contributed by atoms with van der Waals surface area (Å²) in [6.45, 7) is 0. The molecule has 0 atom stereocenters. The number of benzene rings is 2. The zero-order valence-corrected chi connectivity index (χ0v) is 18.3. The van der Waals surface area contributed by atoms with E-state index in [1.807, 2.05) is 0 Å². The summed E-state index contributed by atoms with van der Waals surface area (Å²) in [5.41, 5.74) is 1.15. The molecule has 10 heteroatoms. The van der Waals surface area contributed by atoms with Gasteiger partial charge in [0.15, 0.2) is 5.75 Å². The molecule has 0 unspecified atom stereocenters. The summed E-state index contributed by atoms with van der Waals surface area (Å²) >= 11 is 9.68. The standard InChI is InChI=1S/C20H16BrClN2O6/c1-23(2)20(26)30-18-9-17-13(8-16(18)22)15(10-21)14(19(25)29-17)7-11-4-3-5-12(6-11)24(27)28/h3-6,8-9H,7,10H2,1-2H3. The molecule has 0 saturated carbocycles. The second-order valence-electron chi connectivity index (χ2n) is 6.63. The fourth-order valence-electron chi connectivity index (χ4n) is 2.88. The number of fused-ring (bicyclic) bond motifs is 1. The number of nitro benzene ring substituents is 1. The van der Waals surface area contributed by atoms with Crippen molar-refractivity contribution in [3.8, 4) is 5.75 Å². The van der Waals surface area contributed by atoms with E-state index in [9.17, 15) is 19.7 Å². The molecule has 156 valence electrons. The highest BCUT2D eigenvalue weighted by atomic mass is 79.9. The SMILES string of the molecule is CN(C)C(=O)Oc1cc2oc(=O)c(Cc3cccc([N+](=O)[O-])c3)c(CBr)c2cc1Cl. The predicted molar refractivity (Wildman–Crippen MR) is 116 cm³/mol. The van der Waals surface area contributed by atoms with E-state index < -0.39 is 16.6 Å². The predicted octanol–water partition coefficient (Wildman–Crippen LogP) is 4.90. The Hall–Kier alpha value is -2.91. The molecule has 1 heterocycles. The van der Waals surface area contributed by atoms with Gasteiger partial charge in [-0.05, 0) is 17.2 Å². The maximum Gasteiger partial charge on any atom is 0.414 e. The highest BCUT2D eigenvalue weighted by Crippen LogP contribution is 2.33. The molecule has 0 N–H and O–H groups in total. The maximum atomic E-state index is 12.7. The zero-order valence-electron chi connectivity index (χ0n) is 16.0. The highest BCUT2D eigenvalue weighted by Gasteiger charge is 2.19. The van der Waals surface area contributed by atoms with Gasteiger partial charge in [0.05, 0.1) is 9.95 Å². The maximum absolute atomic E-state index is 12.7. The molecule has 2 aromatic carbocycles. The Morgan fingerprint density at radius 1 is 1.27 bits per heavy atom. The van der Waals surface area contributed by atoms with Gasteiger partial charge in [0.1, 0.15) is 5.58 Å². The average molecular weight is 496 g/mol. The van der Waals surface area contributed by atoms with Gasteiger partial charge in [-0.15, -0.1) is 0 Å².